The van der Waals surface area contributed by atoms with E-state index in [1.54, 1.807) is 6.07 Å². The Bertz CT molecular complexity index is 395. The molecular formula is C11H20N4O2S. The molecule has 0 aliphatic rings. The predicted octanol–water partition coefficient (Wildman–Crippen LogP) is 0.505. The van der Waals surface area contributed by atoms with Gasteiger partial charge < -0.3 is 15.6 Å². The number of aliphatic hydroxyl groups excluding tert-OH is 2. The average molecular weight is 272 g/mol. The molecule has 0 aromatic carbocycles. The fourth-order valence-corrected chi connectivity index (χ4v) is 1.96. The summed E-state index contributed by atoms with van der Waals surface area (Å²) in [5.74, 6) is 6.97. The van der Waals surface area contributed by atoms with Crippen LogP contribution in [0.5, 0.6) is 0 Å². The zero-order valence-corrected chi connectivity index (χ0v) is 11.7. The monoisotopic (exact) mass is 272 g/mol. The van der Waals surface area contributed by atoms with Crippen molar-refractivity contribution < 1.29 is 10.2 Å². The first-order valence-electron chi connectivity index (χ1n) is 5.64. The van der Waals surface area contributed by atoms with Gasteiger partial charge in [0.2, 0.25) is 0 Å². The van der Waals surface area contributed by atoms with Crippen molar-refractivity contribution in [2.45, 2.75) is 37.3 Å². The smallest absolute Gasteiger partial charge is 0.144 e. The number of thioether (sulfide) groups is 1. The van der Waals surface area contributed by atoms with E-state index in [1.807, 2.05) is 20.8 Å². The molecule has 6 nitrogen and oxygen atoms in total. The SMILES string of the molecule is CC(C)(C)c1nc(NN)cc(SCC(O)CO)n1. The van der Waals surface area contributed by atoms with Crippen molar-refractivity contribution in [3.05, 3.63) is 11.9 Å². The van der Waals surface area contributed by atoms with Crippen molar-refractivity contribution in [3.63, 3.8) is 0 Å². The lowest BCUT2D eigenvalue weighted by Crippen LogP contribution is -2.19. The fraction of sp³-hybridized carbons (Fsp3) is 0.636. The molecule has 0 spiro atoms. The summed E-state index contributed by atoms with van der Waals surface area (Å²) in [6, 6.07) is 1.71. The quantitative estimate of drug-likeness (QED) is 0.268. The molecule has 0 saturated heterocycles. The van der Waals surface area contributed by atoms with Crippen LogP contribution in [-0.4, -0.2) is 38.6 Å². The number of hydrazine groups is 1. The highest BCUT2D eigenvalue weighted by Gasteiger charge is 2.19. The molecular weight excluding hydrogens is 252 g/mol. The predicted molar refractivity (Wildman–Crippen MR) is 72.4 cm³/mol. The number of anilines is 1. The van der Waals surface area contributed by atoms with E-state index in [0.29, 0.717) is 17.4 Å². The van der Waals surface area contributed by atoms with Crippen LogP contribution in [0.3, 0.4) is 0 Å². The lowest BCUT2D eigenvalue weighted by molar-refractivity contribution is 0.113. The van der Waals surface area contributed by atoms with Crippen molar-refractivity contribution >= 4 is 17.6 Å². The second-order valence-corrected chi connectivity index (χ2v) is 6.00. The van der Waals surface area contributed by atoms with Gasteiger partial charge in [0.1, 0.15) is 16.7 Å². The number of nitrogens with one attached hydrogen (secondary N) is 1. The summed E-state index contributed by atoms with van der Waals surface area (Å²) >= 11 is 1.36. The summed E-state index contributed by atoms with van der Waals surface area (Å²) in [5.41, 5.74) is 2.32. The highest BCUT2D eigenvalue weighted by atomic mass is 32.2. The van der Waals surface area contributed by atoms with Crippen molar-refractivity contribution in [2.24, 2.45) is 5.84 Å². The molecule has 1 unspecified atom stereocenters. The highest BCUT2D eigenvalue weighted by molar-refractivity contribution is 7.99. The lowest BCUT2D eigenvalue weighted by Gasteiger charge is -2.18. The molecule has 1 aromatic heterocycles. The van der Waals surface area contributed by atoms with E-state index in [9.17, 15) is 5.11 Å². The second kappa shape index (κ2) is 6.33. The Balaban J connectivity index is 2.91. The van der Waals surface area contributed by atoms with Gasteiger partial charge in [-0.1, -0.05) is 20.8 Å². The Morgan fingerprint density at radius 3 is 2.61 bits per heavy atom. The highest BCUT2D eigenvalue weighted by Crippen LogP contribution is 2.24. The van der Waals surface area contributed by atoms with E-state index in [2.05, 4.69) is 15.4 Å². The minimum absolute atomic E-state index is 0.183. The number of nitrogens with zero attached hydrogens (tertiary/aromatic N) is 2. The molecule has 1 aromatic rings. The summed E-state index contributed by atoms with van der Waals surface area (Å²) in [5, 5.41) is 18.8. The van der Waals surface area contributed by atoms with Crippen molar-refractivity contribution in [1.82, 2.24) is 9.97 Å². The largest absolute Gasteiger partial charge is 0.394 e. The molecule has 18 heavy (non-hydrogen) atoms. The third-order valence-electron chi connectivity index (χ3n) is 2.16. The minimum Gasteiger partial charge on any atom is -0.394 e. The normalized spacial score (nSPS) is 13.4. The fourth-order valence-electron chi connectivity index (χ4n) is 1.14. The number of nitrogen functional groups attached to an aromatic ring is 1. The van der Waals surface area contributed by atoms with Gasteiger partial charge in [0.15, 0.2) is 0 Å². The minimum atomic E-state index is -0.752. The van der Waals surface area contributed by atoms with Gasteiger partial charge in [-0.05, 0) is 0 Å². The summed E-state index contributed by atoms with van der Waals surface area (Å²) < 4.78 is 0. The first-order chi connectivity index (χ1) is 8.36. The first kappa shape index (κ1) is 15.2. The van der Waals surface area contributed by atoms with Gasteiger partial charge in [-0.25, -0.2) is 15.8 Å². The molecule has 1 atom stereocenters. The van der Waals surface area contributed by atoms with Crippen LogP contribution in [0.15, 0.2) is 11.1 Å². The molecule has 0 fully saturated rings. The van der Waals surface area contributed by atoms with Crippen LogP contribution >= 0.6 is 11.8 Å². The molecule has 0 saturated carbocycles. The number of hydrogen-bond acceptors (Lipinski definition) is 7. The van der Waals surface area contributed by atoms with Gasteiger partial charge in [0.05, 0.1) is 12.7 Å². The van der Waals surface area contributed by atoms with Crippen LogP contribution < -0.4 is 11.3 Å². The Kier molecular flexibility index (Phi) is 5.33. The zero-order chi connectivity index (χ0) is 13.8. The third kappa shape index (κ3) is 4.41. The maximum atomic E-state index is 9.32. The summed E-state index contributed by atoms with van der Waals surface area (Å²) in [6.45, 7) is 5.78. The zero-order valence-electron chi connectivity index (χ0n) is 10.8. The van der Waals surface area contributed by atoms with Crippen molar-refractivity contribution in [2.75, 3.05) is 17.8 Å². The van der Waals surface area contributed by atoms with E-state index in [-0.39, 0.29) is 12.0 Å². The number of rotatable bonds is 5. The van der Waals surface area contributed by atoms with Crippen LogP contribution in [0.2, 0.25) is 0 Å². The average Bonchev–Trinajstić information content (AvgIpc) is 2.34. The Hall–Kier alpha value is -0.890. The van der Waals surface area contributed by atoms with Crippen LogP contribution in [0.1, 0.15) is 26.6 Å². The first-order valence-corrected chi connectivity index (χ1v) is 6.63. The molecule has 5 N–H and O–H groups in total. The van der Waals surface area contributed by atoms with Gasteiger partial charge in [0, 0.05) is 17.2 Å². The van der Waals surface area contributed by atoms with E-state index in [4.69, 9.17) is 10.9 Å². The van der Waals surface area contributed by atoms with Crippen LogP contribution in [0.25, 0.3) is 0 Å². The van der Waals surface area contributed by atoms with Gasteiger partial charge in [0.25, 0.3) is 0 Å². The molecule has 1 heterocycles. The number of hydrogen-bond donors (Lipinski definition) is 4. The second-order valence-electron chi connectivity index (χ2n) is 4.96. The summed E-state index contributed by atoms with van der Waals surface area (Å²) in [4.78, 5) is 8.72. The van der Waals surface area contributed by atoms with E-state index < -0.39 is 6.10 Å². The number of nitrogens with two attached hydrogens (primary N) is 1. The topological polar surface area (TPSA) is 104 Å². The van der Waals surface area contributed by atoms with E-state index in [1.165, 1.54) is 11.8 Å². The maximum absolute atomic E-state index is 9.32. The third-order valence-corrected chi connectivity index (χ3v) is 3.21. The van der Waals surface area contributed by atoms with Gasteiger partial charge in [-0.15, -0.1) is 11.8 Å². The van der Waals surface area contributed by atoms with E-state index in [0.717, 1.165) is 5.03 Å². The van der Waals surface area contributed by atoms with Crippen LogP contribution in [0.4, 0.5) is 5.82 Å². The van der Waals surface area contributed by atoms with E-state index >= 15 is 0 Å². The van der Waals surface area contributed by atoms with Crippen LogP contribution in [-0.2, 0) is 5.41 Å². The molecule has 102 valence electrons. The number of aliphatic hydroxyl groups is 2. The summed E-state index contributed by atoms with van der Waals surface area (Å²) in [7, 11) is 0. The van der Waals surface area contributed by atoms with Gasteiger partial charge in [-0.2, -0.15) is 0 Å². The molecule has 0 aliphatic carbocycles. The van der Waals surface area contributed by atoms with Gasteiger partial charge >= 0.3 is 0 Å². The van der Waals surface area contributed by atoms with Crippen LogP contribution in [0, 0.1) is 0 Å². The Morgan fingerprint density at radius 1 is 1.44 bits per heavy atom. The molecule has 0 radical (unpaired) electrons. The van der Waals surface area contributed by atoms with Crippen molar-refractivity contribution in [3.8, 4) is 0 Å². The molecule has 1 rings (SSSR count). The maximum Gasteiger partial charge on any atom is 0.144 e. The lowest BCUT2D eigenvalue weighted by atomic mass is 9.96. The summed E-state index contributed by atoms with van der Waals surface area (Å²) in [6.07, 6.45) is -0.752. The standard InChI is InChI=1S/C11H20N4O2S/c1-11(2,3)10-13-8(15-12)4-9(14-10)18-6-7(17)5-16/h4,7,16-17H,5-6,12H2,1-3H3,(H,13,14,15). The molecule has 0 aliphatic heterocycles. The Labute approximate surface area is 111 Å². The Morgan fingerprint density at radius 2 is 2.11 bits per heavy atom. The molecule has 0 bridgehead atoms. The molecule has 0 amide bonds. The van der Waals surface area contributed by atoms with Gasteiger partial charge in [-0.3, -0.25) is 0 Å². The number of aromatic nitrogens is 2. The van der Waals surface area contributed by atoms with Crippen molar-refractivity contribution in [1.29, 1.82) is 0 Å². The molecule has 7 heteroatoms.